The van der Waals surface area contributed by atoms with Crippen LogP contribution in [0.1, 0.15) is 23.1 Å². The van der Waals surface area contributed by atoms with Gasteiger partial charge in [0.2, 0.25) is 5.91 Å². The van der Waals surface area contributed by atoms with E-state index in [2.05, 4.69) is 22.4 Å². The average molecular weight is 395 g/mol. The van der Waals surface area contributed by atoms with Gasteiger partial charge in [-0.25, -0.2) is 0 Å². The number of anilines is 1. The maximum absolute atomic E-state index is 12.4. The molecule has 0 spiro atoms. The molecule has 1 amide bonds. The molecule has 0 unspecified atom stereocenters. The molecule has 148 valence electrons. The second-order valence-corrected chi connectivity index (χ2v) is 7.04. The summed E-state index contributed by atoms with van der Waals surface area (Å²) >= 11 is 0. The fourth-order valence-corrected chi connectivity index (χ4v) is 3.37. The Labute approximate surface area is 174 Å². The van der Waals surface area contributed by atoms with Gasteiger partial charge in [0.25, 0.3) is 0 Å². The molecular formula is C25H21N3O2. The zero-order chi connectivity index (χ0) is 20.8. The number of nitriles is 1. The second kappa shape index (κ2) is 8.97. The minimum absolute atomic E-state index is 0.0425. The number of aryl methyl sites for hydroxylation is 1. The van der Waals surface area contributed by atoms with E-state index in [0.717, 1.165) is 22.0 Å². The molecule has 0 saturated carbocycles. The maximum atomic E-state index is 12.4. The fraction of sp³-hybridized carbons (Fsp3) is 0.120. The standard InChI is InChI=1S/C25H21N3O2/c26-15-18-5-3-6-19(13-18)17-30-22-8-4-7-21(14-22)28-25(29)12-11-20-16-27-24-10-2-1-9-23(20)24/h1-10,13-14,16,27H,11-12,17H2,(H,28,29). The number of H-pyrrole nitrogens is 1. The summed E-state index contributed by atoms with van der Waals surface area (Å²) in [5.41, 5.74) is 4.44. The molecule has 5 nitrogen and oxygen atoms in total. The lowest BCUT2D eigenvalue weighted by molar-refractivity contribution is -0.116. The van der Waals surface area contributed by atoms with Gasteiger partial charge < -0.3 is 15.0 Å². The number of ether oxygens (including phenoxy) is 1. The Kier molecular flexibility index (Phi) is 5.77. The van der Waals surface area contributed by atoms with Crippen molar-refractivity contribution in [3.8, 4) is 11.8 Å². The van der Waals surface area contributed by atoms with Crippen molar-refractivity contribution in [2.24, 2.45) is 0 Å². The topological polar surface area (TPSA) is 77.9 Å². The van der Waals surface area contributed by atoms with Crippen molar-refractivity contribution in [2.75, 3.05) is 5.32 Å². The Morgan fingerprint density at radius 2 is 1.90 bits per heavy atom. The van der Waals surface area contributed by atoms with Crippen LogP contribution < -0.4 is 10.1 Å². The SMILES string of the molecule is N#Cc1cccc(COc2cccc(NC(=O)CCc3c[nH]c4ccccc34)c2)c1. The number of rotatable bonds is 7. The molecule has 0 aliphatic rings. The van der Waals surface area contributed by atoms with Gasteiger partial charge in [-0.2, -0.15) is 5.26 Å². The summed E-state index contributed by atoms with van der Waals surface area (Å²) < 4.78 is 5.82. The van der Waals surface area contributed by atoms with Gasteiger partial charge in [-0.05, 0) is 47.9 Å². The number of hydrogen-bond donors (Lipinski definition) is 2. The Hall–Kier alpha value is -4.04. The van der Waals surface area contributed by atoms with Crippen molar-refractivity contribution < 1.29 is 9.53 Å². The van der Waals surface area contributed by atoms with Crippen molar-refractivity contribution in [1.29, 1.82) is 5.26 Å². The zero-order valence-corrected chi connectivity index (χ0v) is 16.4. The van der Waals surface area contributed by atoms with Crippen molar-refractivity contribution >= 4 is 22.5 Å². The summed E-state index contributed by atoms with van der Waals surface area (Å²) in [4.78, 5) is 15.6. The van der Waals surface area contributed by atoms with E-state index in [1.807, 2.05) is 54.7 Å². The Morgan fingerprint density at radius 1 is 1.03 bits per heavy atom. The van der Waals surface area contributed by atoms with Crippen LogP contribution in [0.4, 0.5) is 5.69 Å². The molecule has 0 radical (unpaired) electrons. The van der Waals surface area contributed by atoms with Crippen LogP contribution in [0, 0.1) is 11.3 Å². The summed E-state index contributed by atoms with van der Waals surface area (Å²) in [5, 5.41) is 13.1. The van der Waals surface area contributed by atoms with Gasteiger partial charge >= 0.3 is 0 Å². The monoisotopic (exact) mass is 395 g/mol. The van der Waals surface area contributed by atoms with Gasteiger partial charge in [0.15, 0.2) is 0 Å². The molecule has 2 N–H and O–H groups in total. The van der Waals surface area contributed by atoms with Crippen LogP contribution in [0.15, 0.2) is 79.0 Å². The third-order valence-electron chi connectivity index (χ3n) is 4.88. The first kappa shape index (κ1) is 19.3. The minimum Gasteiger partial charge on any atom is -0.489 e. The highest BCUT2D eigenvalue weighted by molar-refractivity contribution is 5.91. The highest BCUT2D eigenvalue weighted by Crippen LogP contribution is 2.21. The number of carbonyl (C=O) groups is 1. The van der Waals surface area contributed by atoms with E-state index in [1.165, 1.54) is 0 Å². The van der Waals surface area contributed by atoms with Crippen molar-refractivity contribution in [3.63, 3.8) is 0 Å². The number of aromatic nitrogens is 1. The molecule has 0 saturated heterocycles. The lowest BCUT2D eigenvalue weighted by Crippen LogP contribution is -2.12. The fourth-order valence-electron chi connectivity index (χ4n) is 3.37. The zero-order valence-electron chi connectivity index (χ0n) is 16.4. The molecule has 0 aliphatic carbocycles. The molecule has 0 atom stereocenters. The summed E-state index contributed by atoms with van der Waals surface area (Å²) in [6.07, 6.45) is 3.03. The molecule has 0 bridgehead atoms. The molecule has 0 fully saturated rings. The summed E-state index contributed by atoms with van der Waals surface area (Å²) in [5.74, 6) is 0.617. The van der Waals surface area contributed by atoms with Gasteiger partial charge in [0.1, 0.15) is 12.4 Å². The van der Waals surface area contributed by atoms with Gasteiger partial charge in [-0.15, -0.1) is 0 Å². The molecule has 4 aromatic rings. The molecule has 30 heavy (non-hydrogen) atoms. The average Bonchev–Trinajstić information content (AvgIpc) is 3.20. The molecule has 1 aromatic heterocycles. The van der Waals surface area contributed by atoms with E-state index in [4.69, 9.17) is 10.00 Å². The molecule has 0 aliphatic heterocycles. The number of aromatic amines is 1. The van der Waals surface area contributed by atoms with Gasteiger partial charge in [0, 0.05) is 35.3 Å². The number of carbonyl (C=O) groups excluding carboxylic acids is 1. The first-order valence-electron chi connectivity index (χ1n) is 9.78. The van der Waals surface area contributed by atoms with Crippen LogP contribution in [0.5, 0.6) is 5.75 Å². The van der Waals surface area contributed by atoms with Crippen LogP contribution in [-0.2, 0) is 17.8 Å². The van der Waals surface area contributed by atoms with Crippen LogP contribution in [0.3, 0.4) is 0 Å². The van der Waals surface area contributed by atoms with Crippen LogP contribution in [0.25, 0.3) is 10.9 Å². The number of fused-ring (bicyclic) bond motifs is 1. The van der Waals surface area contributed by atoms with Gasteiger partial charge in [-0.1, -0.05) is 36.4 Å². The van der Waals surface area contributed by atoms with Crippen LogP contribution >= 0.6 is 0 Å². The first-order valence-corrected chi connectivity index (χ1v) is 9.78. The number of amides is 1. The Balaban J connectivity index is 1.33. The predicted octanol–water partition coefficient (Wildman–Crippen LogP) is 5.19. The lowest BCUT2D eigenvalue weighted by atomic mass is 10.1. The van der Waals surface area contributed by atoms with Crippen molar-refractivity contribution in [2.45, 2.75) is 19.4 Å². The van der Waals surface area contributed by atoms with Crippen molar-refractivity contribution in [1.82, 2.24) is 4.98 Å². The predicted molar refractivity (Wildman–Crippen MR) is 117 cm³/mol. The smallest absolute Gasteiger partial charge is 0.224 e. The number of benzene rings is 3. The number of hydrogen-bond acceptors (Lipinski definition) is 3. The van der Waals surface area contributed by atoms with Crippen LogP contribution in [0.2, 0.25) is 0 Å². The quantitative estimate of drug-likeness (QED) is 0.452. The molecule has 3 aromatic carbocycles. The number of para-hydroxylation sites is 1. The normalized spacial score (nSPS) is 10.5. The highest BCUT2D eigenvalue weighted by Gasteiger charge is 2.08. The lowest BCUT2D eigenvalue weighted by Gasteiger charge is -2.09. The second-order valence-electron chi connectivity index (χ2n) is 7.04. The third-order valence-corrected chi connectivity index (χ3v) is 4.88. The number of nitrogens with zero attached hydrogens (tertiary/aromatic N) is 1. The Morgan fingerprint density at radius 3 is 2.80 bits per heavy atom. The van der Waals surface area contributed by atoms with E-state index in [0.29, 0.717) is 36.4 Å². The van der Waals surface area contributed by atoms with E-state index >= 15 is 0 Å². The molecule has 4 rings (SSSR count). The van der Waals surface area contributed by atoms with E-state index < -0.39 is 0 Å². The molecular weight excluding hydrogens is 374 g/mol. The molecule has 1 heterocycles. The number of nitrogens with one attached hydrogen (secondary N) is 2. The summed E-state index contributed by atoms with van der Waals surface area (Å²) in [6.45, 7) is 0.355. The minimum atomic E-state index is -0.0425. The largest absolute Gasteiger partial charge is 0.489 e. The summed E-state index contributed by atoms with van der Waals surface area (Å²) in [6, 6.07) is 24.8. The van der Waals surface area contributed by atoms with E-state index in [-0.39, 0.29) is 5.91 Å². The van der Waals surface area contributed by atoms with E-state index in [9.17, 15) is 4.79 Å². The first-order chi connectivity index (χ1) is 14.7. The van der Waals surface area contributed by atoms with Crippen LogP contribution in [-0.4, -0.2) is 10.9 Å². The van der Waals surface area contributed by atoms with Gasteiger partial charge in [0.05, 0.1) is 11.6 Å². The highest BCUT2D eigenvalue weighted by atomic mass is 16.5. The third kappa shape index (κ3) is 4.68. The van der Waals surface area contributed by atoms with Crippen molar-refractivity contribution in [3.05, 3.63) is 95.7 Å². The summed E-state index contributed by atoms with van der Waals surface area (Å²) in [7, 11) is 0. The molecule has 5 heteroatoms. The Bertz CT molecular complexity index is 1220. The van der Waals surface area contributed by atoms with Gasteiger partial charge in [-0.3, -0.25) is 4.79 Å². The van der Waals surface area contributed by atoms with E-state index in [1.54, 1.807) is 18.2 Å². The maximum Gasteiger partial charge on any atom is 0.224 e.